The Bertz CT molecular complexity index is 141. The Morgan fingerprint density at radius 1 is 1.45 bits per heavy atom. The second-order valence-electron chi connectivity index (χ2n) is 3.10. The summed E-state index contributed by atoms with van der Waals surface area (Å²) in [6.45, 7) is 0. The molecule has 0 aromatic carbocycles. The minimum atomic E-state index is 0.241. The molecule has 1 rings (SSSR count). The lowest BCUT2D eigenvalue weighted by Gasteiger charge is -2.18. The minimum Gasteiger partial charge on any atom is -0.281 e. The standard InChI is InChI=1S/C8H16N2O/c1-9-10(2)8(11)7-5-3-4-6-7/h7,9H,3-6H2,1-2H3. The molecule has 3 nitrogen and oxygen atoms in total. The molecule has 0 spiro atoms. The first-order valence-electron chi connectivity index (χ1n) is 4.20. The van der Waals surface area contributed by atoms with Crippen LogP contribution in [0.25, 0.3) is 0 Å². The molecule has 0 radical (unpaired) electrons. The molecule has 0 atom stereocenters. The average Bonchev–Trinajstić information content (AvgIpc) is 2.53. The maximum absolute atomic E-state index is 11.4. The molecule has 0 aliphatic heterocycles. The molecular weight excluding hydrogens is 140 g/mol. The lowest BCUT2D eigenvalue weighted by molar-refractivity contribution is -0.136. The Morgan fingerprint density at radius 2 is 2.00 bits per heavy atom. The summed E-state index contributed by atoms with van der Waals surface area (Å²) in [5.41, 5.74) is 2.83. The largest absolute Gasteiger partial charge is 0.281 e. The van der Waals surface area contributed by atoms with E-state index in [4.69, 9.17) is 0 Å². The van der Waals surface area contributed by atoms with Gasteiger partial charge in [0.15, 0.2) is 0 Å². The monoisotopic (exact) mass is 156 g/mol. The Balaban J connectivity index is 2.39. The summed E-state index contributed by atoms with van der Waals surface area (Å²) in [7, 11) is 3.55. The van der Waals surface area contributed by atoms with E-state index in [0.717, 1.165) is 12.8 Å². The topological polar surface area (TPSA) is 32.3 Å². The summed E-state index contributed by atoms with van der Waals surface area (Å²) in [6.07, 6.45) is 4.58. The highest BCUT2D eigenvalue weighted by Crippen LogP contribution is 2.25. The molecule has 11 heavy (non-hydrogen) atoms. The molecule has 3 heteroatoms. The van der Waals surface area contributed by atoms with Crippen LogP contribution in [0.15, 0.2) is 0 Å². The van der Waals surface area contributed by atoms with Crippen molar-refractivity contribution in [2.24, 2.45) is 5.92 Å². The van der Waals surface area contributed by atoms with Crippen molar-refractivity contribution < 1.29 is 4.79 Å². The lowest BCUT2D eigenvalue weighted by Crippen LogP contribution is -2.40. The Labute approximate surface area is 67.7 Å². The molecule has 0 bridgehead atoms. The van der Waals surface area contributed by atoms with E-state index in [1.165, 1.54) is 12.8 Å². The number of hydrogen-bond donors (Lipinski definition) is 1. The predicted octanol–water partition coefficient (Wildman–Crippen LogP) is 0.769. The van der Waals surface area contributed by atoms with Crippen LogP contribution >= 0.6 is 0 Å². The molecule has 1 saturated carbocycles. The second-order valence-corrected chi connectivity index (χ2v) is 3.10. The summed E-state index contributed by atoms with van der Waals surface area (Å²) in [4.78, 5) is 11.4. The molecule has 0 aromatic rings. The third-order valence-corrected chi connectivity index (χ3v) is 2.37. The van der Waals surface area contributed by atoms with Crippen LogP contribution in [0, 0.1) is 5.92 Å². The predicted molar refractivity (Wildman–Crippen MR) is 43.8 cm³/mol. The van der Waals surface area contributed by atoms with Crippen molar-refractivity contribution >= 4 is 5.91 Å². The van der Waals surface area contributed by atoms with Crippen LogP contribution in [0.5, 0.6) is 0 Å². The van der Waals surface area contributed by atoms with Crippen LogP contribution in [0.1, 0.15) is 25.7 Å². The van der Waals surface area contributed by atoms with Gasteiger partial charge >= 0.3 is 0 Å². The fourth-order valence-electron chi connectivity index (χ4n) is 1.56. The summed E-state index contributed by atoms with van der Waals surface area (Å²) in [5.74, 6) is 0.525. The van der Waals surface area contributed by atoms with E-state index in [-0.39, 0.29) is 11.8 Å². The lowest BCUT2D eigenvalue weighted by atomic mass is 10.1. The van der Waals surface area contributed by atoms with Gasteiger partial charge in [-0.2, -0.15) is 0 Å². The van der Waals surface area contributed by atoms with Gasteiger partial charge < -0.3 is 0 Å². The van der Waals surface area contributed by atoms with Gasteiger partial charge in [-0.1, -0.05) is 12.8 Å². The number of amides is 1. The summed E-state index contributed by atoms with van der Waals surface area (Å²) >= 11 is 0. The zero-order valence-corrected chi connectivity index (χ0v) is 7.26. The number of carbonyl (C=O) groups excluding carboxylic acids is 1. The Morgan fingerprint density at radius 3 is 2.45 bits per heavy atom. The van der Waals surface area contributed by atoms with Crippen LogP contribution in [0.2, 0.25) is 0 Å². The highest BCUT2D eigenvalue weighted by Gasteiger charge is 2.24. The van der Waals surface area contributed by atoms with E-state index in [2.05, 4.69) is 5.43 Å². The van der Waals surface area contributed by atoms with E-state index in [9.17, 15) is 4.79 Å². The molecule has 1 aliphatic rings. The zero-order chi connectivity index (χ0) is 8.27. The van der Waals surface area contributed by atoms with Crippen molar-refractivity contribution in [3.8, 4) is 0 Å². The summed E-state index contributed by atoms with van der Waals surface area (Å²) < 4.78 is 0. The van der Waals surface area contributed by atoms with Crippen molar-refractivity contribution in [2.75, 3.05) is 14.1 Å². The van der Waals surface area contributed by atoms with Gasteiger partial charge in [0.25, 0.3) is 0 Å². The molecule has 1 aliphatic carbocycles. The quantitative estimate of drug-likeness (QED) is 0.599. The van der Waals surface area contributed by atoms with Gasteiger partial charge in [-0.3, -0.25) is 9.80 Å². The molecule has 64 valence electrons. The number of nitrogens with one attached hydrogen (secondary N) is 1. The number of hydrogen-bond acceptors (Lipinski definition) is 2. The first kappa shape index (κ1) is 8.53. The van der Waals surface area contributed by atoms with Crippen LogP contribution in [-0.2, 0) is 4.79 Å². The maximum Gasteiger partial charge on any atom is 0.239 e. The van der Waals surface area contributed by atoms with E-state index in [1.807, 2.05) is 0 Å². The normalized spacial score (nSPS) is 18.7. The Kier molecular flexibility index (Phi) is 2.88. The van der Waals surface area contributed by atoms with Crippen molar-refractivity contribution in [1.82, 2.24) is 10.4 Å². The molecule has 0 aromatic heterocycles. The van der Waals surface area contributed by atoms with Crippen molar-refractivity contribution in [3.05, 3.63) is 0 Å². The van der Waals surface area contributed by atoms with Gasteiger partial charge in [0.05, 0.1) is 0 Å². The fraction of sp³-hybridized carbons (Fsp3) is 0.875. The smallest absolute Gasteiger partial charge is 0.239 e. The average molecular weight is 156 g/mol. The van der Waals surface area contributed by atoms with Crippen molar-refractivity contribution in [1.29, 1.82) is 0 Å². The van der Waals surface area contributed by atoms with Crippen LogP contribution in [0.4, 0.5) is 0 Å². The highest BCUT2D eigenvalue weighted by molar-refractivity contribution is 5.78. The van der Waals surface area contributed by atoms with Gasteiger partial charge in [0.2, 0.25) is 5.91 Å². The summed E-state index contributed by atoms with van der Waals surface area (Å²) in [6, 6.07) is 0. The molecule has 1 amide bonds. The van der Waals surface area contributed by atoms with Crippen LogP contribution in [-0.4, -0.2) is 25.0 Å². The summed E-state index contributed by atoms with van der Waals surface area (Å²) in [5, 5.41) is 1.58. The van der Waals surface area contributed by atoms with E-state index >= 15 is 0 Å². The SMILES string of the molecule is CNN(C)C(=O)C1CCCC1. The number of hydrazine groups is 1. The molecular formula is C8H16N2O. The number of carbonyl (C=O) groups is 1. The van der Waals surface area contributed by atoms with Gasteiger partial charge in [-0.15, -0.1) is 0 Å². The molecule has 0 saturated heterocycles. The van der Waals surface area contributed by atoms with Gasteiger partial charge in [-0.05, 0) is 12.8 Å². The molecule has 0 heterocycles. The molecule has 0 unspecified atom stereocenters. The van der Waals surface area contributed by atoms with E-state index in [1.54, 1.807) is 19.1 Å². The van der Waals surface area contributed by atoms with Gasteiger partial charge in [0.1, 0.15) is 0 Å². The maximum atomic E-state index is 11.4. The van der Waals surface area contributed by atoms with Crippen LogP contribution < -0.4 is 5.43 Å². The van der Waals surface area contributed by atoms with Gasteiger partial charge in [0, 0.05) is 20.0 Å². The van der Waals surface area contributed by atoms with Crippen LogP contribution in [0.3, 0.4) is 0 Å². The molecule has 1 fully saturated rings. The zero-order valence-electron chi connectivity index (χ0n) is 7.26. The minimum absolute atomic E-state index is 0.241. The van der Waals surface area contributed by atoms with Crippen molar-refractivity contribution in [3.63, 3.8) is 0 Å². The van der Waals surface area contributed by atoms with E-state index < -0.39 is 0 Å². The third kappa shape index (κ3) is 1.93. The highest BCUT2D eigenvalue weighted by atomic mass is 16.2. The van der Waals surface area contributed by atoms with Gasteiger partial charge in [-0.25, -0.2) is 5.43 Å². The first-order valence-corrected chi connectivity index (χ1v) is 4.20. The Hall–Kier alpha value is -0.570. The third-order valence-electron chi connectivity index (χ3n) is 2.37. The second kappa shape index (κ2) is 3.72. The number of nitrogens with zero attached hydrogens (tertiary/aromatic N) is 1. The first-order chi connectivity index (χ1) is 5.25. The fourth-order valence-corrected chi connectivity index (χ4v) is 1.56. The molecule has 1 N–H and O–H groups in total. The van der Waals surface area contributed by atoms with Crippen molar-refractivity contribution in [2.45, 2.75) is 25.7 Å². The number of rotatable bonds is 2. The van der Waals surface area contributed by atoms with E-state index in [0.29, 0.717) is 0 Å².